The summed E-state index contributed by atoms with van der Waals surface area (Å²) in [5.41, 5.74) is 2.96. The first-order valence-corrected chi connectivity index (χ1v) is 6.38. The number of aryl methyl sites for hydroxylation is 2. The number of rotatable bonds is 7. The Balaban J connectivity index is 2.58. The van der Waals surface area contributed by atoms with Crippen LogP contribution in [0, 0.1) is 13.8 Å². The predicted molar refractivity (Wildman–Crippen MR) is 75.2 cm³/mol. The Kier molecular flexibility index (Phi) is 6.49. The van der Waals surface area contributed by atoms with E-state index in [-0.39, 0.29) is 25.7 Å². The summed E-state index contributed by atoms with van der Waals surface area (Å²) in [4.78, 5) is 13.6. The number of amides is 1. The topological polar surface area (TPSA) is 72.8 Å². The second-order valence-corrected chi connectivity index (χ2v) is 4.59. The summed E-state index contributed by atoms with van der Waals surface area (Å²) in [6, 6.07) is 5.83. The molecule has 5 nitrogen and oxygen atoms in total. The second kappa shape index (κ2) is 7.89. The number of hydrogen-bond acceptors (Lipinski definition) is 4. The van der Waals surface area contributed by atoms with Gasteiger partial charge in [0.2, 0.25) is 5.91 Å². The summed E-state index contributed by atoms with van der Waals surface area (Å²) in [5, 5.41) is 20.6. The molecule has 0 atom stereocenters. The van der Waals surface area contributed by atoms with Gasteiger partial charge >= 0.3 is 0 Å². The fourth-order valence-corrected chi connectivity index (χ4v) is 1.90. The largest absolute Gasteiger partial charge is 0.395 e. The average molecular weight is 266 g/mol. The van der Waals surface area contributed by atoms with Gasteiger partial charge in [-0.25, -0.2) is 0 Å². The Morgan fingerprint density at radius 1 is 1.21 bits per heavy atom. The standard InChI is InChI=1S/C14H22N2O3/c1-11-3-4-13(12(2)9-11)15-14(19)10-16(5-7-17)6-8-18/h3-4,9,17-18H,5-8,10H2,1-2H3,(H,15,19). The fraction of sp³-hybridized carbons (Fsp3) is 0.500. The molecule has 0 fully saturated rings. The molecule has 106 valence electrons. The van der Waals surface area contributed by atoms with Gasteiger partial charge in [-0.15, -0.1) is 0 Å². The van der Waals surface area contributed by atoms with Gasteiger partial charge in [-0.2, -0.15) is 0 Å². The van der Waals surface area contributed by atoms with E-state index in [2.05, 4.69) is 5.32 Å². The molecule has 1 rings (SSSR count). The molecule has 0 radical (unpaired) electrons. The average Bonchev–Trinajstić information content (AvgIpc) is 2.33. The molecule has 1 aromatic rings. The van der Waals surface area contributed by atoms with Crippen LogP contribution in [0.3, 0.4) is 0 Å². The molecule has 0 saturated carbocycles. The highest BCUT2D eigenvalue weighted by atomic mass is 16.3. The fourth-order valence-electron chi connectivity index (χ4n) is 1.90. The third kappa shape index (κ3) is 5.38. The van der Waals surface area contributed by atoms with E-state index in [0.29, 0.717) is 13.1 Å². The highest BCUT2D eigenvalue weighted by Crippen LogP contribution is 2.15. The number of carbonyl (C=O) groups excluding carboxylic acids is 1. The van der Waals surface area contributed by atoms with E-state index in [4.69, 9.17) is 10.2 Å². The van der Waals surface area contributed by atoms with Gasteiger partial charge in [0.05, 0.1) is 19.8 Å². The van der Waals surface area contributed by atoms with Gasteiger partial charge in [0.25, 0.3) is 0 Å². The number of benzene rings is 1. The zero-order valence-corrected chi connectivity index (χ0v) is 11.5. The lowest BCUT2D eigenvalue weighted by Crippen LogP contribution is -2.37. The first kappa shape index (κ1) is 15.6. The number of aliphatic hydroxyl groups excluding tert-OH is 2. The summed E-state index contributed by atoms with van der Waals surface area (Å²) in [5.74, 6) is -0.145. The normalized spacial score (nSPS) is 10.8. The molecule has 0 unspecified atom stereocenters. The molecule has 3 N–H and O–H groups in total. The first-order chi connectivity index (χ1) is 9.06. The lowest BCUT2D eigenvalue weighted by atomic mass is 10.1. The Bertz CT molecular complexity index is 415. The van der Waals surface area contributed by atoms with E-state index >= 15 is 0 Å². The minimum atomic E-state index is -0.145. The minimum Gasteiger partial charge on any atom is -0.395 e. The molecule has 0 heterocycles. The predicted octanol–water partition coefficient (Wildman–Crippen LogP) is 0.529. The number of aliphatic hydroxyl groups is 2. The lowest BCUT2D eigenvalue weighted by molar-refractivity contribution is -0.117. The van der Waals surface area contributed by atoms with Crippen molar-refractivity contribution >= 4 is 11.6 Å². The summed E-state index contributed by atoms with van der Waals surface area (Å²) in [6.07, 6.45) is 0. The maximum absolute atomic E-state index is 11.9. The van der Waals surface area contributed by atoms with Gasteiger partial charge < -0.3 is 15.5 Å². The number of anilines is 1. The maximum atomic E-state index is 11.9. The molecule has 0 aliphatic heterocycles. The number of hydrogen-bond donors (Lipinski definition) is 3. The second-order valence-electron chi connectivity index (χ2n) is 4.59. The Hall–Kier alpha value is -1.43. The van der Waals surface area contributed by atoms with E-state index in [1.165, 1.54) is 0 Å². The SMILES string of the molecule is Cc1ccc(NC(=O)CN(CCO)CCO)c(C)c1. The van der Waals surface area contributed by atoms with Crippen LogP contribution in [0.1, 0.15) is 11.1 Å². The van der Waals surface area contributed by atoms with E-state index in [1.54, 1.807) is 4.90 Å². The third-order valence-corrected chi connectivity index (χ3v) is 2.86. The van der Waals surface area contributed by atoms with Gasteiger partial charge in [0.1, 0.15) is 0 Å². The van der Waals surface area contributed by atoms with E-state index < -0.39 is 0 Å². The van der Waals surface area contributed by atoms with Crippen molar-refractivity contribution in [2.24, 2.45) is 0 Å². The Morgan fingerprint density at radius 3 is 2.37 bits per heavy atom. The van der Waals surface area contributed by atoms with Crippen LogP contribution in [0.25, 0.3) is 0 Å². The molecule has 0 saturated heterocycles. The van der Waals surface area contributed by atoms with Gasteiger partial charge in [-0.1, -0.05) is 17.7 Å². The zero-order valence-electron chi connectivity index (χ0n) is 11.5. The van der Waals surface area contributed by atoms with Crippen LogP contribution in [0.4, 0.5) is 5.69 Å². The first-order valence-electron chi connectivity index (χ1n) is 6.38. The molecular weight excluding hydrogens is 244 g/mol. The summed E-state index contributed by atoms with van der Waals surface area (Å²) in [6.45, 7) is 4.80. The highest BCUT2D eigenvalue weighted by molar-refractivity contribution is 5.93. The summed E-state index contributed by atoms with van der Waals surface area (Å²) >= 11 is 0. The molecule has 0 aliphatic rings. The molecule has 1 amide bonds. The van der Waals surface area contributed by atoms with Crippen molar-refractivity contribution < 1.29 is 15.0 Å². The van der Waals surface area contributed by atoms with Crippen LogP contribution in [0.2, 0.25) is 0 Å². The maximum Gasteiger partial charge on any atom is 0.238 e. The smallest absolute Gasteiger partial charge is 0.238 e. The molecular formula is C14H22N2O3. The van der Waals surface area contributed by atoms with E-state index in [9.17, 15) is 4.79 Å². The summed E-state index contributed by atoms with van der Waals surface area (Å²) in [7, 11) is 0. The molecule has 5 heteroatoms. The van der Waals surface area contributed by atoms with Crippen molar-refractivity contribution in [3.8, 4) is 0 Å². The quantitative estimate of drug-likeness (QED) is 0.673. The van der Waals surface area contributed by atoms with Crippen LogP contribution in [0.15, 0.2) is 18.2 Å². The number of carbonyl (C=O) groups is 1. The highest BCUT2D eigenvalue weighted by Gasteiger charge is 2.10. The van der Waals surface area contributed by atoms with Gasteiger partial charge in [-0.05, 0) is 25.5 Å². The van der Waals surface area contributed by atoms with Crippen LogP contribution < -0.4 is 5.32 Å². The monoisotopic (exact) mass is 266 g/mol. The Morgan fingerprint density at radius 2 is 1.84 bits per heavy atom. The molecule has 1 aromatic carbocycles. The van der Waals surface area contributed by atoms with Crippen molar-refractivity contribution in [1.82, 2.24) is 4.90 Å². The molecule has 0 aliphatic carbocycles. The van der Waals surface area contributed by atoms with Gasteiger partial charge in [-0.3, -0.25) is 9.69 Å². The molecule has 0 aromatic heterocycles. The lowest BCUT2D eigenvalue weighted by Gasteiger charge is -2.19. The third-order valence-electron chi connectivity index (χ3n) is 2.86. The van der Waals surface area contributed by atoms with Crippen LogP contribution in [-0.2, 0) is 4.79 Å². The van der Waals surface area contributed by atoms with Gasteiger partial charge in [0.15, 0.2) is 0 Å². The number of nitrogens with zero attached hydrogens (tertiary/aromatic N) is 1. The zero-order chi connectivity index (χ0) is 14.3. The molecule has 0 spiro atoms. The van der Waals surface area contributed by atoms with Crippen molar-refractivity contribution in [2.45, 2.75) is 13.8 Å². The summed E-state index contributed by atoms with van der Waals surface area (Å²) < 4.78 is 0. The molecule has 19 heavy (non-hydrogen) atoms. The van der Waals surface area contributed by atoms with Crippen molar-refractivity contribution in [1.29, 1.82) is 0 Å². The Labute approximate surface area is 113 Å². The van der Waals surface area contributed by atoms with E-state index in [1.807, 2.05) is 32.0 Å². The molecule has 0 bridgehead atoms. The van der Waals surface area contributed by atoms with Crippen molar-refractivity contribution in [3.05, 3.63) is 29.3 Å². The van der Waals surface area contributed by atoms with Crippen molar-refractivity contribution in [2.75, 3.05) is 38.2 Å². The van der Waals surface area contributed by atoms with Gasteiger partial charge in [0, 0.05) is 18.8 Å². The van der Waals surface area contributed by atoms with Crippen LogP contribution in [-0.4, -0.2) is 53.9 Å². The number of nitrogens with one attached hydrogen (secondary N) is 1. The van der Waals surface area contributed by atoms with Crippen LogP contribution >= 0.6 is 0 Å². The minimum absolute atomic E-state index is 0.0309. The van der Waals surface area contributed by atoms with Crippen LogP contribution in [0.5, 0.6) is 0 Å². The van der Waals surface area contributed by atoms with E-state index in [0.717, 1.165) is 16.8 Å². The van der Waals surface area contributed by atoms with Crippen molar-refractivity contribution in [3.63, 3.8) is 0 Å².